The summed E-state index contributed by atoms with van der Waals surface area (Å²) in [6.07, 6.45) is 2.63. The van der Waals surface area contributed by atoms with Crippen molar-refractivity contribution in [3.05, 3.63) is 64.6 Å². The number of amides is 1. The number of hydrogen-bond acceptors (Lipinski definition) is 6. The van der Waals surface area contributed by atoms with E-state index in [2.05, 4.69) is 21.5 Å². The summed E-state index contributed by atoms with van der Waals surface area (Å²) >= 11 is 0. The zero-order valence-corrected chi connectivity index (χ0v) is 19.5. The number of ether oxygens (including phenoxy) is 1. The topological polar surface area (TPSA) is 109 Å². The first-order valence-corrected chi connectivity index (χ1v) is 11.0. The van der Waals surface area contributed by atoms with Gasteiger partial charge in [-0.15, -0.1) is 0 Å². The van der Waals surface area contributed by atoms with Gasteiger partial charge in [-0.1, -0.05) is 44.2 Å². The molecule has 1 aromatic carbocycles. The number of carbonyl (C=O) groups excluding carboxylic acids is 2. The monoisotopic (exact) mass is 447 g/mol. The van der Waals surface area contributed by atoms with Crippen molar-refractivity contribution in [3.63, 3.8) is 0 Å². The molecule has 3 rings (SSSR count). The number of carbonyl (C=O) groups is 2. The third-order valence-electron chi connectivity index (χ3n) is 5.48. The van der Waals surface area contributed by atoms with Gasteiger partial charge in [-0.25, -0.2) is 14.3 Å². The molecule has 0 aliphatic rings. The van der Waals surface area contributed by atoms with Crippen molar-refractivity contribution in [3.8, 4) is 6.07 Å². The normalized spacial score (nSPS) is 11.9. The highest BCUT2D eigenvalue weighted by molar-refractivity contribution is 5.84. The first-order chi connectivity index (χ1) is 15.8. The maximum absolute atomic E-state index is 12.7. The third-order valence-corrected chi connectivity index (χ3v) is 5.48. The van der Waals surface area contributed by atoms with Gasteiger partial charge < -0.3 is 10.1 Å². The van der Waals surface area contributed by atoms with E-state index in [4.69, 9.17) is 4.74 Å². The molecule has 8 heteroatoms. The molecule has 1 N–H and O–H groups in total. The number of fused-ring (bicyclic) bond motifs is 1. The van der Waals surface area contributed by atoms with E-state index in [9.17, 15) is 14.9 Å². The molecule has 0 fully saturated rings. The van der Waals surface area contributed by atoms with Crippen molar-refractivity contribution in [1.82, 2.24) is 19.9 Å². The molecule has 1 atom stereocenters. The Balaban J connectivity index is 1.64. The smallest absolute Gasteiger partial charge is 0.328 e. The van der Waals surface area contributed by atoms with Crippen molar-refractivity contribution >= 4 is 17.5 Å². The Kier molecular flexibility index (Phi) is 7.78. The van der Waals surface area contributed by atoms with E-state index in [0.29, 0.717) is 24.1 Å². The lowest BCUT2D eigenvalue weighted by atomic mass is 10.0. The Hall–Kier alpha value is -3.73. The van der Waals surface area contributed by atoms with Crippen LogP contribution in [0.4, 0.5) is 0 Å². The van der Waals surface area contributed by atoms with Gasteiger partial charge in [-0.3, -0.25) is 4.79 Å². The SMILES string of the molecule is Cc1nc2c(C#N)cnn2c(C)c1CCC(=O)N[C@@H](CC(C)C)C(=O)OCc1ccccc1. The summed E-state index contributed by atoms with van der Waals surface area (Å²) < 4.78 is 7.08. The molecule has 2 aromatic heterocycles. The summed E-state index contributed by atoms with van der Waals surface area (Å²) in [5.41, 5.74) is 4.32. The Bertz CT molecular complexity index is 1180. The number of nitrogens with one attached hydrogen (secondary N) is 1. The summed E-state index contributed by atoms with van der Waals surface area (Å²) in [4.78, 5) is 29.9. The van der Waals surface area contributed by atoms with Crippen molar-refractivity contribution in [2.45, 2.75) is 59.6 Å². The molecule has 0 aliphatic carbocycles. The molecular weight excluding hydrogens is 418 g/mol. The van der Waals surface area contributed by atoms with Crippen LogP contribution in [0.15, 0.2) is 36.5 Å². The number of nitriles is 1. The highest BCUT2D eigenvalue weighted by Crippen LogP contribution is 2.18. The number of benzene rings is 1. The van der Waals surface area contributed by atoms with Gasteiger partial charge in [0.05, 0.1) is 6.20 Å². The van der Waals surface area contributed by atoms with E-state index in [1.165, 1.54) is 6.20 Å². The quantitative estimate of drug-likeness (QED) is 0.503. The second-order valence-electron chi connectivity index (χ2n) is 8.51. The molecule has 1 amide bonds. The molecule has 0 unspecified atom stereocenters. The van der Waals surface area contributed by atoms with Crippen LogP contribution in [0.5, 0.6) is 0 Å². The molecular formula is C25H29N5O3. The van der Waals surface area contributed by atoms with Crippen LogP contribution in [-0.4, -0.2) is 32.5 Å². The zero-order valence-electron chi connectivity index (χ0n) is 19.5. The Morgan fingerprint density at radius 1 is 1.21 bits per heavy atom. The molecule has 33 heavy (non-hydrogen) atoms. The Labute approximate surface area is 193 Å². The fourth-order valence-corrected chi connectivity index (χ4v) is 3.77. The molecule has 0 aliphatic heterocycles. The molecule has 0 bridgehead atoms. The average Bonchev–Trinajstić information content (AvgIpc) is 3.20. The highest BCUT2D eigenvalue weighted by atomic mass is 16.5. The molecule has 0 saturated carbocycles. The minimum atomic E-state index is -0.701. The zero-order chi connectivity index (χ0) is 24.0. The largest absolute Gasteiger partial charge is 0.459 e. The number of nitrogens with zero attached hydrogens (tertiary/aromatic N) is 4. The van der Waals surface area contributed by atoms with E-state index >= 15 is 0 Å². The molecule has 8 nitrogen and oxygen atoms in total. The van der Waals surface area contributed by atoms with Gasteiger partial charge in [-0.2, -0.15) is 10.4 Å². The molecule has 172 valence electrons. The summed E-state index contributed by atoms with van der Waals surface area (Å²) in [6, 6.07) is 10.8. The lowest BCUT2D eigenvalue weighted by Crippen LogP contribution is -2.42. The van der Waals surface area contributed by atoms with Crippen molar-refractivity contribution in [2.24, 2.45) is 5.92 Å². The first kappa shape index (κ1) is 23.9. The fourth-order valence-electron chi connectivity index (χ4n) is 3.77. The lowest BCUT2D eigenvalue weighted by Gasteiger charge is -2.20. The Morgan fingerprint density at radius 2 is 1.94 bits per heavy atom. The Morgan fingerprint density at radius 3 is 2.61 bits per heavy atom. The van der Waals surface area contributed by atoms with Gasteiger partial charge in [0.2, 0.25) is 5.91 Å². The fraction of sp³-hybridized carbons (Fsp3) is 0.400. The van der Waals surface area contributed by atoms with Crippen LogP contribution in [0, 0.1) is 31.1 Å². The van der Waals surface area contributed by atoms with E-state index in [1.54, 1.807) is 4.52 Å². The minimum Gasteiger partial charge on any atom is -0.459 e. The van der Waals surface area contributed by atoms with Gasteiger partial charge >= 0.3 is 5.97 Å². The van der Waals surface area contributed by atoms with Crippen LogP contribution < -0.4 is 5.32 Å². The van der Waals surface area contributed by atoms with Gasteiger partial charge in [-0.05, 0) is 43.7 Å². The van der Waals surface area contributed by atoms with E-state index in [-0.39, 0.29) is 24.9 Å². The van der Waals surface area contributed by atoms with Crippen LogP contribution in [-0.2, 0) is 27.4 Å². The number of rotatable bonds is 9. The predicted octanol–water partition coefficient (Wildman–Crippen LogP) is 3.42. The van der Waals surface area contributed by atoms with E-state index in [0.717, 1.165) is 22.5 Å². The molecule has 3 aromatic rings. The van der Waals surface area contributed by atoms with Crippen molar-refractivity contribution < 1.29 is 14.3 Å². The second-order valence-corrected chi connectivity index (χ2v) is 8.51. The van der Waals surface area contributed by atoms with Crippen LogP contribution >= 0.6 is 0 Å². The molecule has 0 spiro atoms. The van der Waals surface area contributed by atoms with Crippen LogP contribution in [0.2, 0.25) is 0 Å². The first-order valence-electron chi connectivity index (χ1n) is 11.0. The van der Waals surface area contributed by atoms with Gasteiger partial charge in [0, 0.05) is 17.8 Å². The van der Waals surface area contributed by atoms with Gasteiger partial charge in [0.25, 0.3) is 0 Å². The van der Waals surface area contributed by atoms with E-state index in [1.807, 2.05) is 58.0 Å². The molecule has 2 heterocycles. The summed E-state index contributed by atoms with van der Waals surface area (Å²) in [7, 11) is 0. The lowest BCUT2D eigenvalue weighted by molar-refractivity contribution is -0.149. The van der Waals surface area contributed by atoms with Crippen molar-refractivity contribution in [2.75, 3.05) is 0 Å². The molecule has 0 saturated heterocycles. The summed E-state index contributed by atoms with van der Waals surface area (Å²) in [6.45, 7) is 7.92. The maximum Gasteiger partial charge on any atom is 0.328 e. The second kappa shape index (κ2) is 10.7. The third kappa shape index (κ3) is 5.95. The summed E-state index contributed by atoms with van der Waals surface area (Å²) in [5, 5.41) is 16.3. The maximum atomic E-state index is 12.7. The highest BCUT2D eigenvalue weighted by Gasteiger charge is 2.24. The van der Waals surface area contributed by atoms with Gasteiger partial charge in [0.1, 0.15) is 24.3 Å². The average molecular weight is 448 g/mol. The van der Waals surface area contributed by atoms with Crippen LogP contribution in [0.25, 0.3) is 5.65 Å². The predicted molar refractivity (Wildman–Crippen MR) is 123 cm³/mol. The molecule has 0 radical (unpaired) electrons. The number of hydrogen-bond donors (Lipinski definition) is 1. The van der Waals surface area contributed by atoms with Crippen LogP contribution in [0.1, 0.15) is 54.8 Å². The van der Waals surface area contributed by atoms with Gasteiger partial charge in [0.15, 0.2) is 5.65 Å². The van der Waals surface area contributed by atoms with Crippen LogP contribution in [0.3, 0.4) is 0 Å². The standard InChI is InChI=1S/C25H29N5O3/c1-16(2)12-22(25(32)33-15-19-8-6-5-7-9-19)29-23(31)11-10-21-17(3)28-24-20(13-26)14-27-30(24)18(21)4/h5-9,14,16,22H,10-12,15H2,1-4H3,(H,29,31)/t22-/m0/s1. The van der Waals surface area contributed by atoms with E-state index < -0.39 is 12.0 Å². The number of esters is 1. The minimum absolute atomic E-state index is 0.169. The number of aryl methyl sites for hydroxylation is 2. The number of aromatic nitrogens is 3. The summed E-state index contributed by atoms with van der Waals surface area (Å²) in [5.74, 6) is -0.448. The van der Waals surface area contributed by atoms with Crippen molar-refractivity contribution in [1.29, 1.82) is 5.26 Å².